The van der Waals surface area contributed by atoms with Crippen molar-refractivity contribution in [2.75, 3.05) is 52.6 Å². The van der Waals surface area contributed by atoms with E-state index >= 15 is 0 Å². The monoisotopic (exact) mass is 669 g/mol. The number of nitrogens with one attached hydrogen (secondary N) is 1. The number of hydrogen-bond donors (Lipinski definition) is 1. The largest absolute Gasteiger partial charge is 0.477 e. The van der Waals surface area contributed by atoms with E-state index in [0.717, 1.165) is 0 Å². The zero-order chi connectivity index (χ0) is 34.9. The first-order valence-electron chi connectivity index (χ1n) is 16.3. The number of carbonyl (C=O) groups is 4. The van der Waals surface area contributed by atoms with Crippen LogP contribution >= 0.6 is 0 Å². The van der Waals surface area contributed by atoms with Crippen molar-refractivity contribution in [1.82, 2.24) is 25.1 Å². The second-order valence-electron chi connectivity index (χ2n) is 13.1. The molecule has 48 heavy (non-hydrogen) atoms. The van der Waals surface area contributed by atoms with Crippen LogP contribution in [0.4, 0.5) is 4.79 Å². The second-order valence-corrected chi connectivity index (χ2v) is 13.1. The van der Waals surface area contributed by atoms with Crippen molar-refractivity contribution in [2.24, 2.45) is 5.92 Å². The van der Waals surface area contributed by atoms with E-state index < -0.39 is 35.4 Å². The highest BCUT2D eigenvalue weighted by Crippen LogP contribution is 2.23. The summed E-state index contributed by atoms with van der Waals surface area (Å²) in [5.41, 5.74) is -0.0565. The van der Waals surface area contributed by atoms with Crippen LogP contribution in [0.25, 0.3) is 11.4 Å². The number of nitrogens with zero attached hydrogens (tertiary/aromatic N) is 4. The van der Waals surface area contributed by atoms with Gasteiger partial charge in [-0.25, -0.2) is 9.78 Å². The fraction of sp³-hybridized carbons (Fsp3) is 0.588. The van der Waals surface area contributed by atoms with Gasteiger partial charge in [-0.15, -0.1) is 0 Å². The Balaban J connectivity index is 1.53. The summed E-state index contributed by atoms with van der Waals surface area (Å²) in [5, 5.41) is 2.79. The topological polar surface area (TPSA) is 159 Å². The minimum atomic E-state index is -1.07. The Morgan fingerprint density at radius 2 is 1.65 bits per heavy atom. The number of amides is 3. The Hall–Kier alpha value is -4.30. The van der Waals surface area contributed by atoms with Crippen molar-refractivity contribution in [3.63, 3.8) is 0 Å². The molecule has 0 saturated carbocycles. The molecule has 2 fully saturated rings. The van der Waals surface area contributed by atoms with Gasteiger partial charge < -0.3 is 38.8 Å². The van der Waals surface area contributed by atoms with Crippen LogP contribution < -0.4 is 10.1 Å². The molecule has 0 spiro atoms. The molecule has 0 aliphatic carbocycles. The van der Waals surface area contributed by atoms with Crippen LogP contribution in [-0.4, -0.2) is 114 Å². The molecule has 0 radical (unpaired) electrons. The van der Waals surface area contributed by atoms with Crippen molar-refractivity contribution in [3.05, 3.63) is 42.1 Å². The van der Waals surface area contributed by atoms with Gasteiger partial charge in [-0.3, -0.25) is 14.4 Å². The predicted octanol–water partition coefficient (Wildman–Crippen LogP) is 3.44. The highest BCUT2D eigenvalue weighted by molar-refractivity contribution is 5.96. The van der Waals surface area contributed by atoms with Gasteiger partial charge in [-0.05, 0) is 48.0 Å². The lowest BCUT2D eigenvalue weighted by Crippen LogP contribution is -2.56. The molecule has 3 amide bonds. The van der Waals surface area contributed by atoms with Crippen LogP contribution in [0, 0.1) is 5.92 Å². The quantitative estimate of drug-likeness (QED) is 0.350. The highest BCUT2D eigenvalue weighted by Gasteiger charge is 2.33. The Labute approximate surface area is 281 Å². The van der Waals surface area contributed by atoms with E-state index in [2.05, 4.69) is 15.3 Å². The predicted molar refractivity (Wildman–Crippen MR) is 174 cm³/mol. The van der Waals surface area contributed by atoms with Crippen LogP contribution in [0.3, 0.4) is 0 Å². The molecule has 14 heteroatoms. The SMILES string of the molecule is CCOC(=O)N1CCN(C(=O)C(CCC(=O)OC(C)(C)C)NC(=O)c2cc(OCC3COC(C)(C)OC3)nc(-c3ccccc3)n2)CC1. The minimum Gasteiger partial charge on any atom is -0.477 e. The number of carbonyl (C=O) groups excluding carboxylic acids is 4. The summed E-state index contributed by atoms with van der Waals surface area (Å²) in [6.07, 6.45) is -0.551. The molecule has 1 aromatic carbocycles. The third-order valence-corrected chi connectivity index (χ3v) is 7.55. The molecule has 14 nitrogen and oxygen atoms in total. The zero-order valence-electron chi connectivity index (χ0n) is 28.7. The lowest BCUT2D eigenvalue weighted by atomic mass is 10.1. The molecule has 1 unspecified atom stereocenters. The second kappa shape index (κ2) is 16.2. The highest BCUT2D eigenvalue weighted by atomic mass is 16.7. The standard InChI is InChI=1S/C34H47N5O9/c1-7-44-32(43)39-17-15-38(16-18-39)31(42)25(13-14-28(40)48-33(2,3)4)36-30(41)26-19-27(37-29(35-26)24-11-9-8-10-12-24)45-20-23-21-46-34(5,6)47-22-23/h8-12,19,23,25H,7,13-18,20-22H2,1-6H3,(H,36,41). The summed E-state index contributed by atoms with van der Waals surface area (Å²) in [4.78, 5) is 64.5. The molecule has 2 aliphatic rings. The van der Waals surface area contributed by atoms with Gasteiger partial charge in [0.15, 0.2) is 11.6 Å². The number of aromatic nitrogens is 2. The smallest absolute Gasteiger partial charge is 0.409 e. The lowest BCUT2D eigenvalue weighted by Gasteiger charge is -2.36. The average molecular weight is 670 g/mol. The maximum Gasteiger partial charge on any atom is 0.409 e. The molecule has 1 atom stereocenters. The molecule has 3 heterocycles. The lowest BCUT2D eigenvalue weighted by molar-refractivity contribution is -0.264. The van der Waals surface area contributed by atoms with E-state index in [9.17, 15) is 19.2 Å². The van der Waals surface area contributed by atoms with E-state index in [1.165, 1.54) is 11.0 Å². The van der Waals surface area contributed by atoms with Crippen molar-refractivity contribution in [3.8, 4) is 17.3 Å². The summed E-state index contributed by atoms with van der Waals surface area (Å²) in [6, 6.07) is 9.50. The number of esters is 1. The number of rotatable bonds is 11. The summed E-state index contributed by atoms with van der Waals surface area (Å²) in [7, 11) is 0. The maximum atomic E-state index is 13.8. The van der Waals surface area contributed by atoms with Gasteiger partial charge in [-0.2, -0.15) is 4.98 Å². The molecule has 2 aromatic rings. The van der Waals surface area contributed by atoms with Crippen LogP contribution in [-0.2, 0) is 28.5 Å². The maximum absolute atomic E-state index is 13.8. The van der Waals surface area contributed by atoms with E-state index in [4.69, 9.17) is 23.7 Å². The van der Waals surface area contributed by atoms with E-state index in [0.29, 0.717) is 18.8 Å². The molecular formula is C34H47N5O9. The Bertz CT molecular complexity index is 1410. The van der Waals surface area contributed by atoms with Gasteiger partial charge >= 0.3 is 12.1 Å². The third-order valence-electron chi connectivity index (χ3n) is 7.55. The van der Waals surface area contributed by atoms with Gasteiger partial charge in [0, 0.05) is 50.1 Å². The molecule has 0 bridgehead atoms. The Morgan fingerprint density at radius 3 is 2.27 bits per heavy atom. The first kappa shape index (κ1) is 36.5. The van der Waals surface area contributed by atoms with Gasteiger partial charge in [0.05, 0.1) is 26.4 Å². The molecule has 1 aromatic heterocycles. The van der Waals surface area contributed by atoms with E-state index in [-0.39, 0.29) is 81.5 Å². The molecule has 1 N–H and O–H groups in total. The molecule has 262 valence electrons. The van der Waals surface area contributed by atoms with Crippen LogP contribution in [0.15, 0.2) is 36.4 Å². The Kier molecular flexibility index (Phi) is 12.3. The van der Waals surface area contributed by atoms with Gasteiger partial charge in [-0.1, -0.05) is 30.3 Å². The van der Waals surface area contributed by atoms with Crippen LogP contribution in [0.5, 0.6) is 5.88 Å². The first-order valence-corrected chi connectivity index (χ1v) is 16.3. The molecule has 2 aliphatic heterocycles. The fourth-order valence-corrected chi connectivity index (χ4v) is 5.05. The summed E-state index contributed by atoms with van der Waals surface area (Å²) in [5.74, 6) is -1.80. The molecule has 4 rings (SSSR count). The number of piperazine rings is 1. The minimum absolute atomic E-state index is 0.00438. The number of hydrogen-bond acceptors (Lipinski definition) is 11. The summed E-state index contributed by atoms with van der Waals surface area (Å²) < 4.78 is 28.0. The first-order chi connectivity index (χ1) is 22.7. The normalized spacial score (nSPS) is 17.3. The van der Waals surface area contributed by atoms with Crippen molar-refractivity contribution >= 4 is 23.9 Å². The van der Waals surface area contributed by atoms with Crippen LogP contribution in [0.2, 0.25) is 0 Å². The van der Waals surface area contributed by atoms with Gasteiger partial charge in [0.25, 0.3) is 5.91 Å². The van der Waals surface area contributed by atoms with Crippen molar-refractivity contribution in [1.29, 1.82) is 0 Å². The van der Waals surface area contributed by atoms with Gasteiger partial charge in [0.1, 0.15) is 17.3 Å². The van der Waals surface area contributed by atoms with Crippen molar-refractivity contribution in [2.45, 2.75) is 71.8 Å². The van der Waals surface area contributed by atoms with E-state index in [1.807, 2.05) is 44.2 Å². The zero-order valence-corrected chi connectivity index (χ0v) is 28.7. The molecule has 2 saturated heterocycles. The summed E-state index contributed by atoms with van der Waals surface area (Å²) in [6.45, 7) is 13.1. The molecular weight excluding hydrogens is 622 g/mol. The van der Waals surface area contributed by atoms with Crippen molar-refractivity contribution < 1.29 is 42.9 Å². The van der Waals surface area contributed by atoms with E-state index in [1.54, 1.807) is 32.6 Å². The average Bonchev–Trinajstić information content (AvgIpc) is 3.05. The summed E-state index contributed by atoms with van der Waals surface area (Å²) >= 11 is 0. The van der Waals surface area contributed by atoms with Crippen LogP contribution in [0.1, 0.15) is 64.9 Å². The van der Waals surface area contributed by atoms with Gasteiger partial charge in [0.2, 0.25) is 11.8 Å². The number of benzene rings is 1. The Morgan fingerprint density at radius 1 is 1.00 bits per heavy atom. The number of ether oxygens (including phenoxy) is 5. The fourth-order valence-electron chi connectivity index (χ4n) is 5.05. The third kappa shape index (κ3) is 10.9.